The first-order valence-corrected chi connectivity index (χ1v) is 25.1. The van der Waals surface area contributed by atoms with Gasteiger partial charge in [-0.1, -0.05) is 19.8 Å². The van der Waals surface area contributed by atoms with Crippen molar-refractivity contribution in [1.29, 1.82) is 0 Å². The van der Waals surface area contributed by atoms with Gasteiger partial charge >= 0.3 is 18.0 Å². The summed E-state index contributed by atoms with van der Waals surface area (Å²) in [6.07, 6.45) is 2.23. The fourth-order valence-corrected chi connectivity index (χ4v) is 10.6. The van der Waals surface area contributed by atoms with Gasteiger partial charge in [-0.2, -0.15) is 20.0 Å². The zero-order chi connectivity index (χ0) is 50.4. The Balaban J connectivity index is 0.873. The lowest BCUT2D eigenvalue weighted by Crippen LogP contribution is -2.68. The maximum Gasteiger partial charge on any atom is 0.408 e. The summed E-state index contributed by atoms with van der Waals surface area (Å²) in [5, 5.41) is 32.4. The Morgan fingerprint density at radius 2 is 1.67 bits per heavy atom. The number of aromatic nitrogens is 10. The number of hydrogen-bond acceptors (Lipinski definition) is 15. The molecule has 0 radical (unpaired) electrons. The average molecular weight is 1010 g/mol. The Kier molecular flexibility index (Phi) is 13.3. The highest BCUT2D eigenvalue weighted by Crippen LogP contribution is 2.57. The van der Waals surface area contributed by atoms with Crippen molar-refractivity contribution in [1.82, 2.24) is 60.0 Å². The molecule has 6 atom stereocenters. The Morgan fingerprint density at radius 1 is 0.890 bits per heavy atom. The number of nitrogens with zero attached hydrogens (tertiary/aromatic N) is 9. The minimum absolute atomic E-state index is 0.0836. The van der Waals surface area contributed by atoms with E-state index in [-0.39, 0.29) is 36.9 Å². The number of hydrogen-bond donors (Lipinski definition) is 6. The molecule has 4 aliphatic carbocycles. The highest BCUT2D eigenvalue weighted by molar-refractivity contribution is 5.94. The Hall–Kier alpha value is -6.99. The van der Waals surface area contributed by atoms with E-state index in [4.69, 9.17) is 38.8 Å². The van der Waals surface area contributed by atoms with Gasteiger partial charge in [-0.15, -0.1) is 0 Å². The number of halogens is 2. The lowest BCUT2D eigenvalue weighted by Gasteiger charge is -2.61. The maximum atomic E-state index is 16.5. The number of carbonyl (C=O) groups excluding carboxylic acids is 3. The Bertz CT molecular complexity index is 2990. The van der Waals surface area contributed by atoms with Crippen LogP contribution in [0.25, 0.3) is 11.0 Å². The molecular weight excluding hydrogens is 953 g/mol. The molecule has 12 rings (SSSR count). The van der Waals surface area contributed by atoms with E-state index >= 15 is 8.78 Å². The summed E-state index contributed by atoms with van der Waals surface area (Å²) in [6.45, 7) is 6.31. The number of unbranched alkanes of at least 4 members (excludes halogenated alkanes) is 2. The zero-order valence-corrected chi connectivity index (χ0v) is 40.9. The van der Waals surface area contributed by atoms with Gasteiger partial charge in [0.05, 0.1) is 67.7 Å². The summed E-state index contributed by atoms with van der Waals surface area (Å²) in [6, 6.07) is 6.93. The molecule has 6 fully saturated rings. The van der Waals surface area contributed by atoms with Crippen molar-refractivity contribution in [2.24, 2.45) is 5.92 Å². The fourth-order valence-electron chi connectivity index (χ4n) is 10.6. The predicted molar refractivity (Wildman–Crippen MR) is 255 cm³/mol. The molecular formula is C48H60F2N15O8+. The molecule has 6 aliphatic rings. The molecule has 388 valence electrons. The summed E-state index contributed by atoms with van der Waals surface area (Å²) in [5.41, 5.74) is 3.76. The maximum absolute atomic E-state index is 16.5. The minimum atomic E-state index is -1.65. The number of morpholine rings is 1. The molecule has 23 nitrogen and oxygen atoms in total. The standard InChI is InChI=1S/C48H59F2N15O8/c1-4-5-6-9-51-46(67)72-36-8-7-30(40(36)49)31-17-39(55-43-35-15-33(61-63(35)21-26(2)52-43)45(66)62-10-12-70-13-11-62)65(60-31)23-29-22-64-34(14-28(59-64)24-69-3)44(53-29)54-38-16-32(57-58-38)42-41(50)37(25-71-42)73-47(68)56-48-18-27(19-48)20-48/h14-17,21-22,27,30,36-37,40-42H,4-13,18-20,23-25H2,1-3H3,(H5,51,52,53,54,55,56,57,58,59,60,61,66,67,68)/p+1/t27?,30-,36-,37+,40+,41+,42+,48?/m1/s1. The van der Waals surface area contributed by atoms with Gasteiger partial charge in [-0.25, -0.2) is 47.8 Å². The molecule has 6 N–H and O–H groups in total. The van der Waals surface area contributed by atoms with Crippen LogP contribution in [0.15, 0.2) is 36.7 Å². The number of aromatic amines is 2. The second-order valence-electron chi connectivity index (χ2n) is 19.8. The lowest BCUT2D eigenvalue weighted by atomic mass is 9.50. The SMILES string of the molecule is CCCCCNC(=O)O[C@@H]1CC[C@H](c2cc(Nc3nc(C)cn4nc(C(=O)N5CCOCC5)cc34)[n+](Cc3cn4nc(COC)cc4c(Nc4cc([C@@H]5OC[C@H](OC(=O)NC67CC(C6)C7)[C@@H]5F)[nH]n4)n3)[nH]2)[C@@H]1F. The number of H-pyrrole nitrogens is 2. The fraction of sp³-hybridized carbons (Fsp3) is 0.562. The van der Waals surface area contributed by atoms with E-state index in [1.165, 1.54) is 0 Å². The molecule has 2 aliphatic heterocycles. The van der Waals surface area contributed by atoms with Crippen LogP contribution in [0.1, 0.15) is 109 Å². The van der Waals surface area contributed by atoms with Crippen molar-refractivity contribution in [2.45, 2.75) is 120 Å². The van der Waals surface area contributed by atoms with Crippen LogP contribution in [-0.4, -0.2) is 144 Å². The number of methoxy groups -OCH3 is 1. The first-order chi connectivity index (χ1) is 35.4. The topological polar surface area (TPSA) is 257 Å². The summed E-state index contributed by atoms with van der Waals surface area (Å²) in [7, 11) is 1.57. The summed E-state index contributed by atoms with van der Waals surface area (Å²) in [4.78, 5) is 50.5. The number of rotatable bonds is 18. The van der Waals surface area contributed by atoms with E-state index in [0.717, 1.165) is 38.5 Å². The third-order valence-corrected chi connectivity index (χ3v) is 14.5. The zero-order valence-electron chi connectivity index (χ0n) is 40.9. The predicted octanol–water partition coefficient (Wildman–Crippen LogP) is 5.13. The van der Waals surface area contributed by atoms with Crippen molar-refractivity contribution in [3.05, 3.63) is 70.8 Å². The van der Waals surface area contributed by atoms with Crippen LogP contribution in [0, 0.1) is 12.8 Å². The van der Waals surface area contributed by atoms with Gasteiger partial charge in [0.25, 0.3) is 5.91 Å². The number of ether oxygens (including phenoxy) is 5. The molecule has 3 amide bonds. The minimum Gasteiger partial charge on any atom is -0.443 e. The third kappa shape index (κ3) is 9.96. The van der Waals surface area contributed by atoms with E-state index in [1.54, 1.807) is 56.3 Å². The van der Waals surface area contributed by atoms with E-state index in [1.807, 2.05) is 13.0 Å². The Labute approximate surface area is 417 Å². The van der Waals surface area contributed by atoms with Gasteiger partial charge in [0, 0.05) is 50.3 Å². The first kappa shape index (κ1) is 48.3. The van der Waals surface area contributed by atoms with Crippen LogP contribution < -0.4 is 25.9 Å². The number of nitrogens with one attached hydrogen (secondary N) is 6. The van der Waals surface area contributed by atoms with Crippen LogP contribution in [0.5, 0.6) is 0 Å². The summed E-state index contributed by atoms with van der Waals surface area (Å²) < 4.78 is 65.1. The van der Waals surface area contributed by atoms with E-state index in [2.05, 4.69) is 48.6 Å². The molecule has 0 spiro atoms. The van der Waals surface area contributed by atoms with Crippen LogP contribution in [0.2, 0.25) is 0 Å². The van der Waals surface area contributed by atoms with Crippen LogP contribution in [0.3, 0.4) is 0 Å². The van der Waals surface area contributed by atoms with Crippen molar-refractivity contribution in [3.63, 3.8) is 0 Å². The van der Waals surface area contributed by atoms with Gasteiger partial charge in [-0.3, -0.25) is 9.89 Å². The van der Waals surface area contributed by atoms with Crippen molar-refractivity contribution in [3.8, 4) is 0 Å². The monoisotopic (exact) mass is 1010 g/mol. The van der Waals surface area contributed by atoms with Crippen LogP contribution in [-0.2, 0) is 36.8 Å². The normalized spacial score (nSPS) is 25.4. The molecule has 73 heavy (non-hydrogen) atoms. The quantitative estimate of drug-likeness (QED) is 0.0482. The van der Waals surface area contributed by atoms with Crippen LogP contribution in [0.4, 0.5) is 41.6 Å². The number of carbonyl (C=O) groups is 3. The number of alkyl carbamates (subject to hydrolysis) is 2. The number of alkyl halides is 2. The highest BCUT2D eigenvalue weighted by Gasteiger charge is 2.58. The number of aryl methyl sites for hydroxylation is 1. The van der Waals surface area contributed by atoms with Gasteiger partial charge in [-0.05, 0) is 57.4 Å². The Morgan fingerprint density at radius 3 is 2.45 bits per heavy atom. The number of fused-ring (bicyclic) bond motifs is 2. The van der Waals surface area contributed by atoms with Gasteiger partial charge in [0.15, 0.2) is 36.2 Å². The van der Waals surface area contributed by atoms with Crippen LogP contribution >= 0.6 is 0 Å². The second kappa shape index (κ2) is 20.1. The van der Waals surface area contributed by atoms with Gasteiger partial charge in [0.2, 0.25) is 5.82 Å². The smallest absolute Gasteiger partial charge is 0.408 e. The van der Waals surface area contributed by atoms with Crippen molar-refractivity contribution < 1.29 is 51.5 Å². The van der Waals surface area contributed by atoms with E-state index < -0.39 is 48.8 Å². The number of amides is 3. The third-order valence-electron chi connectivity index (χ3n) is 14.5. The molecule has 0 aromatic carbocycles. The first-order valence-electron chi connectivity index (χ1n) is 25.1. The summed E-state index contributed by atoms with van der Waals surface area (Å²) in [5.74, 6) is 1.30. The molecule has 6 aromatic rings. The van der Waals surface area contributed by atoms with Gasteiger partial charge in [0.1, 0.15) is 35.1 Å². The average Bonchev–Trinajstić information content (AvgIpc) is 4.23. The van der Waals surface area contributed by atoms with Gasteiger partial charge < -0.3 is 44.5 Å². The molecule has 0 unspecified atom stereocenters. The van der Waals surface area contributed by atoms with Crippen molar-refractivity contribution in [2.75, 3.05) is 57.2 Å². The molecule has 8 heterocycles. The molecule has 2 saturated heterocycles. The van der Waals surface area contributed by atoms with E-state index in [9.17, 15) is 14.4 Å². The summed E-state index contributed by atoms with van der Waals surface area (Å²) >= 11 is 0. The number of anilines is 4. The molecule has 25 heteroatoms. The molecule has 2 bridgehead atoms. The molecule has 4 saturated carbocycles. The largest absolute Gasteiger partial charge is 0.443 e. The highest BCUT2D eigenvalue weighted by atomic mass is 19.1. The van der Waals surface area contributed by atoms with E-state index in [0.29, 0.717) is 114 Å². The molecule has 6 aromatic heterocycles. The second-order valence-corrected chi connectivity index (χ2v) is 19.8. The van der Waals surface area contributed by atoms with Crippen molar-refractivity contribution >= 4 is 52.4 Å². The lowest BCUT2D eigenvalue weighted by molar-refractivity contribution is -0.730.